The summed E-state index contributed by atoms with van der Waals surface area (Å²) >= 11 is 0. The molecule has 0 radical (unpaired) electrons. The number of aryl methyl sites for hydroxylation is 1. The standard InChI is InChI=1S/C26H31NO4S/c1-26-13-12-22-21-11-9-19(28)14-17(21)8-10-23(22)25(26)18(15-24(26)29)16-27(2)32(30,31)20-6-4-3-5-7-20/h3-7,9,11,14,18,22-23,25,28H,8,10,12-13,15-16H2,1-2H3/t18-,22-,23-,25+,26-/m1/s1. The zero-order valence-electron chi connectivity index (χ0n) is 18.7. The van der Waals surface area contributed by atoms with Crippen molar-refractivity contribution in [1.82, 2.24) is 4.31 Å². The van der Waals surface area contributed by atoms with Gasteiger partial charge in [-0.25, -0.2) is 12.7 Å². The van der Waals surface area contributed by atoms with Gasteiger partial charge in [0.15, 0.2) is 0 Å². The lowest BCUT2D eigenvalue weighted by molar-refractivity contribution is -0.129. The second kappa shape index (κ2) is 7.70. The zero-order valence-corrected chi connectivity index (χ0v) is 19.5. The molecule has 1 N–H and O–H groups in total. The summed E-state index contributed by atoms with van der Waals surface area (Å²) in [7, 11) is -1.95. The molecule has 0 unspecified atom stereocenters. The molecule has 5 atom stereocenters. The minimum atomic E-state index is -3.59. The van der Waals surface area contributed by atoms with Crippen LogP contribution in [0, 0.1) is 23.2 Å². The molecule has 2 aromatic carbocycles. The minimum Gasteiger partial charge on any atom is -0.508 e. The van der Waals surface area contributed by atoms with Gasteiger partial charge in [0, 0.05) is 25.4 Å². The van der Waals surface area contributed by atoms with E-state index in [0.29, 0.717) is 41.2 Å². The first kappa shape index (κ1) is 21.7. The van der Waals surface area contributed by atoms with Crippen molar-refractivity contribution in [2.24, 2.45) is 23.2 Å². The molecule has 5 rings (SSSR count). The molecule has 3 aliphatic carbocycles. The SMILES string of the molecule is CN(C[C@H]1CC(=O)[C@@]2(C)CC[C@@H]3c4ccc(O)cc4CC[C@H]3[C@H]12)S(=O)(=O)c1ccccc1. The third-order valence-corrected chi connectivity index (χ3v) is 10.3. The molecule has 2 fully saturated rings. The molecule has 170 valence electrons. The summed E-state index contributed by atoms with van der Waals surface area (Å²) in [5, 5.41) is 9.91. The maximum Gasteiger partial charge on any atom is 0.242 e. The molecule has 2 aromatic rings. The van der Waals surface area contributed by atoms with Gasteiger partial charge in [-0.1, -0.05) is 31.2 Å². The number of sulfonamides is 1. The van der Waals surface area contributed by atoms with E-state index in [1.54, 1.807) is 37.4 Å². The van der Waals surface area contributed by atoms with E-state index < -0.39 is 10.0 Å². The van der Waals surface area contributed by atoms with Crippen LogP contribution in [0.4, 0.5) is 0 Å². The monoisotopic (exact) mass is 453 g/mol. The first-order chi connectivity index (χ1) is 15.2. The first-order valence-electron chi connectivity index (χ1n) is 11.6. The largest absolute Gasteiger partial charge is 0.508 e. The van der Waals surface area contributed by atoms with Crippen molar-refractivity contribution in [2.75, 3.05) is 13.6 Å². The maximum atomic E-state index is 13.2. The molecule has 3 aliphatic rings. The van der Waals surface area contributed by atoms with E-state index in [1.165, 1.54) is 15.4 Å². The molecule has 2 saturated carbocycles. The summed E-state index contributed by atoms with van der Waals surface area (Å²) in [6.07, 6.45) is 4.17. The number of nitrogens with zero attached hydrogens (tertiary/aromatic N) is 1. The van der Waals surface area contributed by atoms with E-state index in [-0.39, 0.29) is 17.3 Å². The fraction of sp³-hybridized carbons (Fsp3) is 0.500. The van der Waals surface area contributed by atoms with Crippen molar-refractivity contribution in [3.8, 4) is 5.75 Å². The van der Waals surface area contributed by atoms with Crippen LogP contribution in [0.3, 0.4) is 0 Å². The van der Waals surface area contributed by atoms with Crippen LogP contribution < -0.4 is 0 Å². The van der Waals surface area contributed by atoms with Gasteiger partial charge in [-0.3, -0.25) is 4.79 Å². The van der Waals surface area contributed by atoms with Crippen molar-refractivity contribution in [3.05, 3.63) is 59.7 Å². The Hall–Kier alpha value is -2.18. The van der Waals surface area contributed by atoms with E-state index in [4.69, 9.17) is 0 Å². The molecular weight excluding hydrogens is 422 g/mol. The molecule has 0 amide bonds. The van der Waals surface area contributed by atoms with Crippen molar-refractivity contribution in [2.45, 2.75) is 49.8 Å². The third-order valence-electron chi connectivity index (χ3n) is 8.50. The van der Waals surface area contributed by atoms with Gasteiger partial charge in [-0.05, 0) is 84.7 Å². The van der Waals surface area contributed by atoms with E-state index in [0.717, 1.165) is 25.7 Å². The summed E-state index contributed by atoms with van der Waals surface area (Å²) in [6.45, 7) is 2.49. The Morgan fingerprint density at radius 3 is 2.62 bits per heavy atom. The molecule has 32 heavy (non-hydrogen) atoms. The lowest BCUT2D eigenvalue weighted by Crippen LogP contribution is -2.46. The van der Waals surface area contributed by atoms with E-state index in [1.807, 2.05) is 12.1 Å². The molecule has 0 saturated heterocycles. The Morgan fingerprint density at radius 2 is 1.88 bits per heavy atom. The predicted octanol–water partition coefficient (Wildman–Crippen LogP) is 4.36. The van der Waals surface area contributed by atoms with Crippen molar-refractivity contribution in [1.29, 1.82) is 0 Å². The highest BCUT2D eigenvalue weighted by Crippen LogP contribution is 2.61. The lowest BCUT2D eigenvalue weighted by atomic mass is 9.54. The fourth-order valence-corrected chi connectivity index (χ4v) is 8.24. The smallest absolute Gasteiger partial charge is 0.242 e. The number of fused-ring (bicyclic) bond motifs is 5. The Bertz CT molecular complexity index is 1150. The van der Waals surface area contributed by atoms with Crippen LogP contribution in [0.5, 0.6) is 5.75 Å². The Balaban J connectivity index is 1.45. The summed E-state index contributed by atoms with van der Waals surface area (Å²) in [5.74, 6) is 1.57. The quantitative estimate of drug-likeness (QED) is 0.746. The van der Waals surface area contributed by atoms with Gasteiger partial charge in [0.05, 0.1) is 4.90 Å². The topological polar surface area (TPSA) is 74.7 Å². The fourth-order valence-electron chi connectivity index (χ4n) is 6.99. The number of hydrogen-bond acceptors (Lipinski definition) is 4. The number of phenolic OH excluding ortho intramolecular Hbond substituents is 1. The van der Waals surface area contributed by atoms with Crippen LogP contribution >= 0.6 is 0 Å². The van der Waals surface area contributed by atoms with Crippen LogP contribution in [0.25, 0.3) is 0 Å². The Morgan fingerprint density at radius 1 is 1.12 bits per heavy atom. The first-order valence-corrected chi connectivity index (χ1v) is 13.0. The summed E-state index contributed by atoms with van der Waals surface area (Å²) in [5.41, 5.74) is 2.17. The van der Waals surface area contributed by atoms with E-state index >= 15 is 0 Å². The molecule has 0 heterocycles. The number of aromatic hydroxyl groups is 1. The van der Waals surface area contributed by atoms with Gasteiger partial charge in [-0.15, -0.1) is 0 Å². The predicted molar refractivity (Wildman–Crippen MR) is 123 cm³/mol. The highest BCUT2D eigenvalue weighted by Gasteiger charge is 2.58. The number of rotatable bonds is 4. The van der Waals surface area contributed by atoms with E-state index in [9.17, 15) is 18.3 Å². The average Bonchev–Trinajstić information content (AvgIpc) is 3.03. The highest BCUT2D eigenvalue weighted by atomic mass is 32.2. The minimum absolute atomic E-state index is 0.0300. The molecular formula is C26H31NO4S. The van der Waals surface area contributed by atoms with E-state index in [2.05, 4.69) is 13.0 Å². The number of benzene rings is 2. The second-order valence-electron chi connectivity index (χ2n) is 10.2. The van der Waals surface area contributed by atoms with Gasteiger partial charge in [0.2, 0.25) is 10.0 Å². The van der Waals surface area contributed by atoms with Crippen LogP contribution in [0.15, 0.2) is 53.4 Å². The molecule has 5 nitrogen and oxygen atoms in total. The summed E-state index contributed by atoms with van der Waals surface area (Å²) < 4.78 is 27.7. The zero-order chi connectivity index (χ0) is 22.7. The van der Waals surface area contributed by atoms with Gasteiger partial charge in [-0.2, -0.15) is 0 Å². The van der Waals surface area contributed by atoms with Gasteiger partial charge in [0.25, 0.3) is 0 Å². The Kier molecular flexibility index (Phi) is 5.21. The summed E-state index contributed by atoms with van der Waals surface area (Å²) in [4.78, 5) is 13.5. The average molecular weight is 454 g/mol. The third kappa shape index (κ3) is 3.30. The number of carbonyl (C=O) groups excluding carboxylic acids is 1. The van der Waals surface area contributed by atoms with Crippen LogP contribution in [0.2, 0.25) is 0 Å². The number of phenols is 1. The number of ketones is 1. The van der Waals surface area contributed by atoms with Crippen molar-refractivity contribution >= 4 is 15.8 Å². The van der Waals surface area contributed by atoms with Gasteiger partial charge >= 0.3 is 0 Å². The number of hydrogen-bond donors (Lipinski definition) is 1. The molecule has 0 spiro atoms. The molecule has 0 aromatic heterocycles. The van der Waals surface area contributed by atoms with Crippen LogP contribution in [-0.2, 0) is 21.2 Å². The lowest BCUT2D eigenvalue weighted by Gasteiger charge is -2.50. The Labute approximate surface area is 190 Å². The maximum absolute atomic E-state index is 13.2. The van der Waals surface area contributed by atoms with Crippen molar-refractivity contribution in [3.63, 3.8) is 0 Å². The molecule has 0 bridgehead atoms. The number of carbonyl (C=O) groups is 1. The normalized spacial score (nSPS) is 31.8. The van der Waals surface area contributed by atoms with Crippen LogP contribution in [-0.4, -0.2) is 37.2 Å². The number of Topliss-reactive ketones (excluding diaryl/α,β-unsaturated/α-hetero) is 1. The summed E-state index contributed by atoms with van der Waals surface area (Å²) in [6, 6.07) is 14.2. The van der Waals surface area contributed by atoms with Crippen LogP contribution in [0.1, 0.15) is 49.7 Å². The second-order valence-corrected chi connectivity index (χ2v) is 12.2. The molecule has 0 aliphatic heterocycles. The van der Waals surface area contributed by atoms with Gasteiger partial charge in [0.1, 0.15) is 11.5 Å². The molecule has 6 heteroatoms. The highest BCUT2D eigenvalue weighted by molar-refractivity contribution is 7.89. The van der Waals surface area contributed by atoms with Crippen molar-refractivity contribution < 1.29 is 18.3 Å². The van der Waals surface area contributed by atoms with Gasteiger partial charge < -0.3 is 5.11 Å².